The highest BCUT2D eigenvalue weighted by Crippen LogP contribution is 2.19. The van der Waals surface area contributed by atoms with E-state index < -0.39 is 11.8 Å². The van der Waals surface area contributed by atoms with Gasteiger partial charge >= 0.3 is 6.03 Å². The summed E-state index contributed by atoms with van der Waals surface area (Å²) in [6.45, 7) is 0.365. The van der Waals surface area contributed by atoms with E-state index in [1.807, 2.05) is 30.3 Å². The van der Waals surface area contributed by atoms with Crippen molar-refractivity contribution in [2.75, 3.05) is 11.9 Å². The largest absolute Gasteiger partial charge is 0.337 e. The maximum atomic E-state index is 13.1. The molecule has 0 saturated carbocycles. The van der Waals surface area contributed by atoms with Crippen molar-refractivity contribution in [3.63, 3.8) is 0 Å². The van der Waals surface area contributed by atoms with Gasteiger partial charge in [-0.1, -0.05) is 41.9 Å². The zero-order chi connectivity index (χ0) is 17.6. The SMILES string of the molecule is O=C(NCCc1nc(-c2ccccc2)n[nH]1)Nc1ccc(F)c(Cl)c1. The van der Waals surface area contributed by atoms with Gasteiger partial charge in [0.25, 0.3) is 0 Å². The zero-order valence-corrected chi connectivity index (χ0v) is 13.8. The number of rotatable bonds is 5. The molecule has 8 heteroatoms. The summed E-state index contributed by atoms with van der Waals surface area (Å²) in [4.78, 5) is 16.2. The fourth-order valence-electron chi connectivity index (χ4n) is 2.17. The number of nitrogens with zero attached hydrogens (tertiary/aromatic N) is 2. The first-order chi connectivity index (χ1) is 12.1. The Bertz CT molecular complexity index is 868. The van der Waals surface area contributed by atoms with Crippen molar-refractivity contribution in [3.8, 4) is 11.4 Å². The van der Waals surface area contributed by atoms with Gasteiger partial charge in [-0.2, -0.15) is 5.10 Å². The van der Waals surface area contributed by atoms with Crippen LogP contribution in [0.2, 0.25) is 5.02 Å². The van der Waals surface area contributed by atoms with Crippen molar-refractivity contribution in [2.24, 2.45) is 0 Å². The van der Waals surface area contributed by atoms with Gasteiger partial charge in [-0.05, 0) is 18.2 Å². The third kappa shape index (κ3) is 4.54. The second-order valence-corrected chi connectivity index (χ2v) is 5.64. The second-order valence-electron chi connectivity index (χ2n) is 5.23. The number of nitrogens with one attached hydrogen (secondary N) is 3. The number of aromatic nitrogens is 3. The lowest BCUT2D eigenvalue weighted by molar-refractivity contribution is 0.252. The molecule has 2 aromatic carbocycles. The zero-order valence-electron chi connectivity index (χ0n) is 13.1. The van der Waals surface area contributed by atoms with Crippen LogP contribution < -0.4 is 10.6 Å². The van der Waals surface area contributed by atoms with Gasteiger partial charge < -0.3 is 10.6 Å². The number of anilines is 1. The van der Waals surface area contributed by atoms with Gasteiger partial charge in [-0.25, -0.2) is 14.2 Å². The molecule has 0 spiro atoms. The summed E-state index contributed by atoms with van der Waals surface area (Å²) < 4.78 is 13.1. The Morgan fingerprint density at radius 3 is 2.76 bits per heavy atom. The maximum absolute atomic E-state index is 13.1. The fraction of sp³-hybridized carbons (Fsp3) is 0.118. The van der Waals surface area contributed by atoms with Crippen molar-refractivity contribution in [3.05, 3.63) is 65.2 Å². The number of benzene rings is 2. The van der Waals surface area contributed by atoms with E-state index >= 15 is 0 Å². The van der Waals surface area contributed by atoms with Gasteiger partial charge in [0.05, 0.1) is 5.02 Å². The van der Waals surface area contributed by atoms with Crippen LogP contribution in [0.5, 0.6) is 0 Å². The standard InChI is InChI=1S/C17H15ClFN5O/c18-13-10-12(6-7-14(13)19)21-17(25)20-9-8-15-22-16(24-23-15)11-4-2-1-3-5-11/h1-7,10H,8-9H2,(H2,20,21,25)(H,22,23,24). The molecule has 128 valence electrons. The lowest BCUT2D eigenvalue weighted by Gasteiger charge is -2.07. The van der Waals surface area contributed by atoms with Crippen LogP contribution in [-0.4, -0.2) is 27.8 Å². The number of carbonyl (C=O) groups is 1. The van der Waals surface area contributed by atoms with Crippen molar-refractivity contribution in [1.82, 2.24) is 20.5 Å². The molecule has 3 N–H and O–H groups in total. The highest BCUT2D eigenvalue weighted by Gasteiger charge is 2.07. The van der Waals surface area contributed by atoms with Crippen molar-refractivity contribution < 1.29 is 9.18 Å². The molecule has 0 radical (unpaired) electrons. The molecule has 0 bridgehead atoms. The molecule has 0 fully saturated rings. The molecule has 0 unspecified atom stereocenters. The lowest BCUT2D eigenvalue weighted by atomic mass is 10.2. The molecular formula is C17H15ClFN5O. The number of hydrogen-bond acceptors (Lipinski definition) is 3. The van der Waals surface area contributed by atoms with Crippen molar-refractivity contribution >= 4 is 23.3 Å². The summed E-state index contributed by atoms with van der Waals surface area (Å²) in [5.74, 6) is 0.747. The normalized spacial score (nSPS) is 10.5. The minimum absolute atomic E-state index is 0.0482. The molecule has 0 aliphatic rings. The van der Waals surface area contributed by atoms with Crippen LogP contribution >= 0.6 is 11.6 Å². The van der Waals surface area contributed by atoms with Crippen LogP contribution in [-0.2, 0) is 6.42 Å². The van der Waals surface area contributed by atoms with Crippen LogP contribution in [0.4, 0.5) is 14.9 Å². The van der Waals surface area contributed by atoms with Crippen LogP contribution in [0.1, 0.15) is 5.82 Å². The Balaban J connectivity index is 1.48. The number of carbonyl (C=O) groups excluding carboxylic acids is 1. The third-order valence-electron chi connectivity index (χ3n) is 3.39. The van der Waals surface area contributed by atoms with Gasteiger partial charge in [0.1, 0.15) is 11.6 Å². The summed E-state index contributed by atoms with van der Waals surface area (Å²) >= 11 is 5.67. The minimum Gasteiger partial charge on any atom is -0.337 e. The average molecular weight is 360 g/mol. The van der Waals surface area contributed by atoms with Crippen molar-refractivity contribution in [1.29, 1.82) is 0 Å². The predicted molar refractivity (Wildman–Crippen MR) is 94.0 cm³/mol. The van der Waals surface area contributed by atoms with Gasteiger partial charge in [-0.15, -0.1) is 0 Å². The highest BCUT2D eigenvalue weighted by atomic mass is 35.5. The van der Waals surface area contributed by atoms with Gasteiger partial charge in [0, 0.05) is 24.2 Å². The van der Waals surface area contributed by atoms with E-state index in [4.69, 9.17) is 11.6 Å². The summed E-state index contributed by atoms with van der Waals surface area (Å²) in [7, 11) is 0. The molecule has 0 aliphatic carbocycles. The van der Waals surface area contributed by atoms with Crippen LogP contribution in [0, 0.1) is 5.82 Å². The summed E-state index contributed by atoms with van der Waals surface area (Å²) in [6.07, 6.45) is 0.497. The van der Waals surface area contributed by atoms with E-state index in [9.17, 15) is 9.18 Å². The number of aromatic amines is 1. The summed E-state index contributed by atoms with van der Waals surface area (Å²) in [5.41, 5.74) is 1.33. The Labute approximate surface area is 148 Å². The van der Waals surface area contributed by atoms with Crippen LogP contribution in [0.15, 0.2) is 48.5 Å². The van der Waals surface area contributed by atoms with Gasteiger partial charge in [0.15, 0.2) is 5.82 Å². The number of amides is 2. The smallest absolute Gasteiger partial charge is 0.319 e. The molecule has 3 aromatic rings. The fourth-order valence-corrected chi connectivity index (χ4v) is 2.35. The molecule has 6 nitrogen and oxygen atoms in total. The molecular weight excluding hydrogens is 345 g/mol. The number of halogens is 2. The lowest BCUT2D eigenvalue weighted by Crippen LogP contribution is -2.30. The third-order valence-corrected chi connectivity index (χ3v) is 3.68. The van der Waals surface area contributed by atoms with E-state index in [0.717, 1.165) is 5.56 Å². The molecule has 0 saturated heterocycles. The molecule has 2 amide bonds. The number of hydrogen-bond donors (Lipinski definition) is 3. The minimum atomic E-state index is -0.535. The Morgan fingerprint density at radius 1 is 1.20 bits per heavy atom. The first-order valence-corrected chi connectivity index (χ1v) is 7.96. The van der Waals surface area contributed by atoms with E-state index in [0.29, 0.717) is 30.3 Å². The van der Waals surface area contributed by atoms with Crippen LogP contribution in [0.3, 0.4) is 0 Å². The van der Waals surface area contributed by atoms with Gasteiger partial charge in [0.2, 0.25) is 0 Å². The molecule has 25 heavy (non-hydrogen) atoms. The van der Waals surface area contributed by atoms with E-state index in [1.54, 1.807) is 0 Å². The molecule has 1 aromatic heterocycles. The Kier molecular flexibility index (Phi) is 5.25. The van der Waals surface area contributed by atoms with E-state index in [2.05, 4.69) is 25.8 Å². The number of urea groups is 1. The maximum Gasteiger partial charge on any atom is 0.319 e. The molecule has 0 aliphatic heterocycles. The first-order valence-electron chi connectivity index (χ1n) is 7.58. The Morgan fingerprint density at radius 2 is 2.00 bits per heavy atom. The van der Waals surface area contributed by atoms with Crippen molar-refractivity contribution in [2.45, 2.75) is 6.42 Å². The summed E-state index contributed by atoms with van der Waals surface area (Å²) in [5, 5.41) is 12.2. The van der Waals surface area contributed by atoms with Gasteiger partial charge in [-0.3, -0.25) is 5.10 Å². The van der Waals surface area contributed by atoms with E-state index in [-0.39, 0.29) is 5.02 Å². The predicted octanol–water partition coefficient (Wildman–Crippen LogP) is 3.63. The average Bonchev–Trinajstić information content (AvgIpc) is 3.08. The quantitative estimate of drug-likeness (QED) is 0.650. The Hall–Kier alpha value is -2.93. The van der Waals surface area contributed by atoms with Crippen LogP contribution in [0.25, 0.3) is 11.4 Å². The molecule has 1 heterocycles. The molecule has 3 rings (SSSR count). The number of H-pyrrole nitrogens is 1. The topological polar surface area (TPSA) is 82.7 Å². The summed E-state index contributed by atoms with van der Waals surface area (Å²) in [6, 6.07) is 13.2. The monoisotopic (exact) mass is 359 g/mol. The second kappa shape index (κ2) is 7.76. The molecule has 0 atom stereocenters. The van der Waals surface area contributed by atoms with E-state index in [1.165, 1.54) is 18.2 Å². The highest BCUT2D eigenvalue weighted by molar-refractivity contribution is 6.31. The first kappa shape index (κ1) is 16.9.